The standard InChI is InChI=1S/C21H30N2O2.2ClH/c1-4-24-20-8-5-7-19(15-23-14-6-13-22-3)21(20)25-16-18-11-9-17(2)10-12-18;;/h5,7-12,22-23H,4,6,13-16H2,1-3H3;2*1H. The van der Waals surface area contributed by atoms with Crippen LogP contribution in [-0.4, -0.2) is 26.7 Å². The van der Waals surface area contributed by atoms with Crippen LogP contribution in [0.4, 0.5) is 0 Å². The number of nitrogens with one attached hydrogen (secondary N) is 2. The summed E-state index contributed by atoms with van der Waals surface area (Å²) in [6, 6.07) is 14.5. The van der Waals surface area contributed by atoms with Gasteiger partial charge in [0.1, 0.15) is 6.61 Å². The van der Waals surface area contributed by atoms with Gasteiger partial charge in [0.25, 0.3) is 0 Å². The Morgan fingerprint density at radius 1 is 0.926 bits per heavy atom. The van der Waals surface area contributed by atoms with Gasteiger partial charge in [0, 0.05) is 12.1 Å². The van der Waals surface area contributed by atoms with E-state index in [1.165, 1.54) is 5.56 Å². The average molecular weight is 415 g/mol. The van der Waals surface area contributed by atoms with Gasteiger partial charge in [-0.1, -0.05) is 42.0 Å². The van der Waals surface area contributed by atoms with Gasteiger partial charge < -0.3 is 20.1 Å². The largest absolute Gasteiger partial charge is 0.490 e. The summed E-state index contributed by atoms with van der Waals surface area (Å²) >= 11 is 0. The lowest BCUT2D eigenvalue weighted by atomic mass is 10.1. The molecule has 27 heavy (non-hydrogen) atoms. The predicted octanol–water partition coefficient (Wildman–Crippen LogP) is 4.52. The van der Waals surface area contributed by atoms with Gasteiger partial charge in [0.2, 0.25) is 0 Å². The maximum absolute atomic E-state index is 6.15. The fourth-order valence-corrected chi connectivity index (χ4v) is 2.59. The van der Waals surface area contributed by atoms with E-state index >= 15 is 0 Å². The summed E-state index contributed by atoms with van der Waals surface area (Å²) in [5.41, 5.74) is 3.54. The lowest BCUT2D eigenvalue weighted by Crippen LogP contribution is -2.20. The molecule has 0 amide bonds. The molecule has 2 rings (SSSR count). The summed E-state index contributed by atoms with van der Waals surface area (Å²) in [6.07, 6.45) is 1.10. The van der Waals surface area contributed by atoms with Crippen LogP contribution in [0.3, 0.4) is 0 Å². The lowest BCUT2D eigenvalue weighted by molar-refractivity contribution is 0.266. The van der Waals surface area contributed by atoms with Crippen molar-refractivity contribution in [1.29, 1.82) is 0 Å². The molecule has 0 atom stereocenters. The summed E-state index contributed by atoms with van der Waals surface area (Å²) in [6.45, 7) is 8.00. The molecule has 0 fully saturated rings. The highest BCUT2D eigenvalue weighted by Crippen LogP contribution is 2.32. The quantitative estimate of drug-likeness (QED) is 0.530. The van der Waals surface area contributed by atoms with Crippen molar-refractivity contribution in [2.75, 3.05) is 26.7 Å². The van der Waals surface area contributed by atoms with E-state index in [9.17, 15) is 0 Å². The Kier molecular flexibility index (Phi) is 13.8. The van der Waals surface area contributed by atoms with Crippen molar-refractivity contribution < 1.29 is 9.47 Å². The van der Waals surface area contributed by atoms with Gasteiger partial charge in [-0.05, 0) is 52.0 Å². The summed E-state index contributed by atoms with van der Waals surface area (Å²) in [5.74, 6) is 1.65. The van der Waals surface area contributed by atoms with Crippen LogP contribution in [0.1, 0.15) is 30.0 Å². The first kappa shape index (κ1) is 25.5. The Bertz CT molecular complexity index is 637. The van der Waals surface area contributed by atoms with Gasteiger partial charge in [-0.25, -0.2) is 0 Å². The van der Waals surface area contributed by atoms with Crippen LogP contribution in [0, 0.1) is 6.92 Å². The zero-order valence-corrected chi connectivity index (χ0v) is 18.1. The molecule has 0 aromatic heterocycles. The molecule has 0 aliphatic heterocycles. The van der Waals surface area contributed by atoms with E-state index in [-0.39, 0.29) is 24.8 Å². The van der Waals surface area contributed by atoms with Crippen molar-refractivity contribution in [3.8, 4) is 11.5 Å². The number of halogens is 2. The van der Waals surface area contributed by atoms with Crippen molar-refractivity contribution in [3.05, 3.63) is 59.2 Å². The average Bonchev–Trinajstić information content (AvgIpc) is 2.62. The highest BCUT2D eigenvalue weighted by molar-refractivity contribution is 5.85. The van der Waals surface area contributed by atoms with Crippen LogP contribution in [0.15, 0.2) is 42.5 Å². The van der Waals surface area contributed by atoms with E-state index in [0.717, 1.165) is 48.7 Å². The third-order valence-electron chi connectivity index (χ3n) is 3.96. The van der Waals surface area contributed by atoms with Crippen molar-refractivity contribution >= 4 is 24.8 Å². The van der Waals surface area contributed by atoms with Gasteiger partial charge in [-0.3, -0.25) is 0 Å². The SMILES string of the molecule is CCOc1cccc(CNCCCNC)c1OCc1ccc(C)cc1.Cl.Cl. The molecule has 0 saturated heterocycles. The first-order valence-electron chi connectivity index (χ1n) is 9.03. The zero-order chi connectivity index (χ0) is 17.9. The minimum Gasteiger partial charge on any atom is -0.490 e. The van der Waals surface area contributed by atoms with E-state index in [1.54, 1.807) is 0 Å². The monoisotopic (exact) mass is 414 g/mol. The van der Waals surface area contributed by atoms with Gasteiger partial charge >= 0.3 is 0 Å². The Morgan fingerprint density at radius 2 is 1.67 bits per heavy atom. The molecular weight excluding hydrogens is 383 g/mol. The molecule has 0 radical (unpaired) electrons. The molecule has 0 bridgehead atoms. The van der Waals surface area contributed by atoms with Crippen molar-refractivity contribution in [1.82, 2.24) is 10.6 Å². The molecule has 0 heterocycles. The minimum atomic E-state index is 0. The first-order chi connectivity index (χ1) is 12.2. The Morgan fingerprint density at radius 3 is 2.33 bits per heavy atom. The van der Waals surface area contributed by atoms with Gasteiger partial charge in [0.15, 0.2) is 11.5 Å². The highest BCUT2D eigenvalue weighted by atomic mass is 35.5. The highest BCUT2D eigenvalue weighted by Gasteiger charge is 2.11. The Balaban J connectivity index is 0.00000338. The third kappa shape index (κ3) is 8.85. The topological polar surface area (TPSA) is 42.5 Å². The van der Waals surface area contributed by atoms with E-state index < -0.39 is 0 Å². The molecule has 6 heteroatoms. The minimum absolute atomic E-state index is 0. The summed E-state index contributed by atoms with van der Waals surface area (Å²) < 4.78 is 11.9. The zero-order valence-electron chi connectivity index (χ0n) is 16.4. The molecule has 0 unspecified atom stereocenters. The number of rotatable bonds is 11. The van der Waals surface area contributed by atoms with E-state index in [4.69, 9.17) is 9.47 Å². The van der Waals surface area contributed by atoms with Crippen molar-refractivity contribution in [2.45, 2.75) is 33.4 Å². The number of aryl methyl sites for hydroxylation is 1. The molecule has 152 valence electrons. The Labute approximate surface area is 175 Å². The number of benzene rings is 2. The molecule has 2 N–H and O–H groups in total. The fourth-order valence-electron chi connectivity index (χ4n) is 2.59. The number of hydrogen-bond acceptors (Lipinski definition) is 4. The van der Waals surface area contributed by atoms with Crippen molar-refractivity contribution in [3.63, 3.8) is 0 Å². The predicted molar refractivity (Wildman–Crippen MR) is 118 cm³/mol. The number of ether oxygens (including phenoxy) is 2. The van der Waals surface area contributed by atoms with Gasteiger partial charge in [0.05, 0.1) is 6.61 Å². The van der Waals surface area contributed by atoms with Gasteiger partial charge in [-0.15, -0.1) is 24.8 Å². The summed E-state index contributed by atoms with van der Waals surface area (Å²) in [7, 11) is 1.97. The molecule has 0 saturated carbocycles. The summed E-state index contributed by atoms with van der Waals surface area (Å²) in [5, 5.41) is 6.64. The molecule has 2 aromatic rings. The summed E-state index contributed by atoms with van der Waals surface area (Å²) in [4.78, 5) is 0. The number of para-hydroxylation sites is 1. The molecular formula is C21H32Cl2N2O2. The maximum atomic E-state index is 6.15. The molecule has 2 aromatic carbocycles. The van der Waals surface area contributed by atoms with Crippen LogP contribution >= 0.6 is 24.8 Å². The second-order valence-corrected chi connectivity index (χ2v) is 6.09. The molecule has 0 spiro atoms. The van der Waals surface area contributed by atoms with Crippen LogP contribution in [0.25, 0.3) is 0 Å². The normalized spacial score (nSPS) is 9.89. The van der Waals surface area contributed by atoms with Crippen LogP contribution in [-0.2, 0) is 13.2 Å². The van der Waals surface area contributed by atoms with Crippen LogP contribution < -0.4 is 20.1 Å². The van der Waals surface area contributed by atoms with E-state index in [1.807, 2.05) is 26.1 Å². The molecule has 0 aliphatic rings. The second kappa shape index (κ2) is 14.6. The number of hydrogen-bond donors (Lipinski definition) is 2. The fraction of sp³-hybridized carbons (Fsp3) is 0.429. The second-order valence-electron chi connectivity index (χ2n) is 6.09. The smallest absolute Gasteiger partial charge is 0.166 e. The lowest BCUT2D eigenvalue weighted by Gasteiger charge is -2.16. The van der Waals surface area contributed by atoms with E-state index in [0.29, 0.717) is 13.2 Å². The van der Waals surface area contributed by atoms with E-state index in [2.05, 4.69) is 47.9 Å². The van der Waals surface area contributed by atoms with Gasteiger partial charge in [-0.2, -0.15) is 0 Å². The Hall–Kier alpha value is -1.46. The third-order valence-corrected chi connectivity index (χ3v) is 3.96. The first-order valence-corrected chi connectivity index (χ1v) is 9.03. The molecule has 4 nitrogen and oxygen atoms in total. The van der Waals surface area contributed by atoms with Crippen LogP contribution in [0.2, 0.25) is 0 Å². The van der Waals surface area contributed by atoms with Crippen LogP contribution in [0.5, 0.6) is 11.5 Å². The maximum Gasteiger partial charge on any atom is 0.166 e. The molecule has 0 aliphatic carbocycles. The van der Waals surface area contributed by atoms with Crippen molar-refractivity contribution in [2.24, 2.45) is 0 Å².